The maximum Gasteiger partial charge on any atom is 0.274 e. The summed E-state index contributed by atoms with van der Waals surface area (Å²) in [6.07, 6.45) is 0. The molecule has 1 amide bonds. The number of nitrogens with zero attached hydrogens (tertiary/aromatic N) is 1. The second kappa shape index (κ2) is 5.83. The van der Waals surface area contributed by atoms with E-state index in [1.165, 1.54) is 0 Å². The predicted molar refractivity (Wildman–Crippen MR) is 76.9 cm³/mol. The molecule has 2 aromatic rings. The standard InChI is InChI=1S/C13H15ClN4O2/c1-7-11(15)12(18-17-7)13(19)16-6-8-9(14)4-3-5-10(8)20-2/h3-5H,6,15H2,1-2H3,(H,16,19)(H,17,18). The highest BCUT2D eigenvalue weighted by atomic mass is 35.5. The third-order valence-corrected chi connectivity index (χ3v) is 3.29. The summed E-state index contributed by atoms with van der Waals surface area (Å²) in [6, 6.07) is 5.29. The molecule has 0 saturated carbocycles. The third-order valence-electron chi connectivity index (χ3n) is 2.93. The third kappa shape index (κ3) is 2.70. The van der Waals surface area contributed by atoms with Gasteiger partial charge in [-0.1, -0.05) is 17.7 Å². The van der Waals surface area contributed by atoms with Crippen LogP contribution in [0.2, 0.25) is 5.02 Å². The van der Waals surface area contributed by atoms with Crippen LogP contribution in [0.15, 0.2) is 18.2 Å². The molecule has 2 rings (SSSR count). The van der Waals surface area contributed by atoms with Crippen molar-refractivity contribution in [2.24, 2.45) is 0 Å². The number of nitrogens with two attached hydrogens (primary N) is 1. The fourth-order valence-corrected chi connectivity index (χ4v) is 2.00. The average Bonchev–Trinajstić information content (AvgIpc) is 2.77. The normalized spacial score (nSPS) is 10.3. The first-order chi connectivity index (χ1) is 9.54. The van der Waals surface area contributed by atoms with Gasteiger partial charge in [0.25, 0.3) is 5.91 Å². The number of carbonyl (C=O) groups is 1. The maximum absolute atomic E-state index is 12.0. The number of nitrogens with one attached hydrogen (secondary N) is 2. The number of hydrogen-bond donors (Lipinski definition) is 3. The van der Waals surface area contributed by atoms with E-state index in [-0.39, 0.29) is 18.1 Å². The Balaban J connectivity index is 2.13. The number of anilines is 1. The monoisotopic (exact) mass is 294 g/mol. The van der Waals surface area contributed by atoms with Gasteiger partial charge in [-0.15, -0.1) is 0 Å². The van der Waals surface area contributed by atoms with Gasteiger partial charge < -0.3 is 15.8 Å². The topological polar surface area (TPSA) is 93.0 Å². The van der Waals surface area contributed by atoms with Crippen LogP contribution >= 0.6 is 11.6 Å². The van der Waals surface area contributed by atoms with Gasteiger partial charge in [-0.05, 0) is 19.1 Å². The summed E-state index contributed by atoms with van der Waals surface area (Å²) in [6.45, 7) is 1.98. The quantitative estimate of drug-likeness (QED) is 0.803. The lowest BCUT2D eigenvalue weighted by atomic mass is 10.2. The van der Waals surface area contributed by atoms with E-state index in [9.17, 15) is 4.79 Å². The molecule has 1 aromatic heterocycles. The highest BCUT2D eigenvalue weighted by Gasteiger charge is 2.16. The van der Waals surface area contributed by atoms with Crippen molar-refractivity contribution in [3.05, 3.63) is 40.2 Å². The Morgan fingerprint density at radius 3 is 2.90 bits per heavy atom. The summed E-state index contributed by atoms with van der Waals surface area (Å²) in [5.41, 5.74) is 7.63. The van der Waals surface area contributed by atoms with Gasteiger partial charge in [-0.3, -0.25) is 9.89 Å². The van der Waals surface area contributed by atoms with Crippen LogP contribution < -0.4 is 15.8 Å². The molecule has 0 spiro atoms. The van der Waals surface area contributed by atoms with Crippen LogP contribution in [-0.2, 0) is 6.54 Å². The number of rotatable bonds is 4. The number of carbonyl (C=O) groups excluding carboxylic acids is 1. The van der Waals surface area contributed by atoms with Crippen LogP contribution in [0.25, 0.3) is 0 Å². The molecule has 0 atom stereocenters. The molecule has 106 valence electrons. The lowest BCUT2D eigenvalue weighted by Crippen LogP contribution is -2.24. The number of methoxy groups -OCH3 is 1. The lowest BCUT2D eigenvalue weighted by Gasteiger charge is -2.11. The van der Waals surface area contributed by atoms with E-state index in [1.807, 2.05) is 0 Å². The van der Waals surface area contributed by atoms with Crippen molar-refractivity contribution in [1.82, 2.24) is 15.5 Å². The molecule has 0 unspecified atom stereocenters. The number of aromatic amines is 1. The molecule has 0 aliphatic carbocycles. The molecular weight excluding hydrogens is 280 g/mol. The number of nitrogen functional groups attached to an aromatic ring is 1. The number of aryl methyl sites for hydroxylation is 1. The summed E-state index contributed by atoms with van der Waals surface area (Å²) in [4.78, 5) is 12.0. The predicted octanol–water partition coefficient (Wildman–Crippen LogP) is 1.89. The summed E-state index contributed by atoms with van der Waals surface area (Å²) >= 11 is 6.10. The molecule has 6 nitrogen and oxygen atoms in total. The van der Waals surface area contributed by atoms with Crippen molar-refractivity contribution >= 4 is 23.2 Å². The number of halogens is 1. The van der Waals surface area contributed by atoms with Gasteiger partial charge in [0, 0.05) is 17.1 Å². The largest absolute Gasteiger partial charge is 0.496 e. The molecule has 4 N–H and O–H groups in total. The summed E-state index contributed by atoms with van der Waals surface area (Å²) in [5.74, 6) is 0.248. The van der Waals surface area contributed by atoms with Crippen molar-refractivity contribution in [3.8, 4) is 5.75 Å². The number of H-pyrrole nitrogens is 1. The minimum Gasteiger partial charge on any atom is -0.496 e. The van der Waals surface area contributed by atoms with Crippen LogP contribution in [0.5, 0.6) is 5.75 Å². The van der Waals surface area contributed by atoms with Gasteiger partial charge in [0.05, 0.1) is 18.5 Å². The van der Waals surface area contributed by atoms with Gasteiger partial charge in [0.15, 0.2) is 5.69 Å². The Labute approximate surface area is 121 Å². The molecule has 0 saturated heterocycles. The molecule has 0 aliphatic heterocycles. The van der Waals surface area contributed by atoms with Crippen LogP contribution in [0.1, 0.15) is 21.7 Å². The second-order valence-corrected chi connectivity index (χ2v) is 4.62. The number of amides is 1. The molecule has 1 aromatic carbocycles. The van der Waals surface area contributed by atoms with E-state index >= 15 is 0 Å². The smallest absolute Gasteiger partial charge is 0.274 e. The molecule has 0 fully saturated rings. The van der Waals surface area contributed by atoms with E-state index in [2.05, 4.69) is 15.5 Å². The van der Waals surface area contributed by atoms with Crippen LogP contribution in [-0.4, -0.2) is 23.2 Å². The van der Waals surface area contributed by atoms with Crippen LogP contribution in [0.3, 0.4) is 0 Å². The van der Waals surface area contributed by atoms with Crippen molar-refractivity contribution < 1.29 is 9.53 Å². The van der Waals surface area contributed by atoms with Crippen molar-refractivity contribution in [2.45, 2.75) is 13.5 Å². The zero-order valence-corrected chi connectivity index (χ0v) is 11.9. The fraction of sp³-hybridized carbons (Fsp3) is 0.231. The zero-order chi connectivity index (χ0) is 14.7. The van der Waals surface area contributed by atoms with Crippen molar-refractivity contribution in [2.75, 3.05) is 12.8 Å². The van der Waals surface area contributed by atoms with Crippen molar-refractivity contribution in [3.63, 3.8) is 0 Å². The van der Waals surface area contributed by atoms with Gasteiger partial charge in [-0.25, -0.2) is 0 Å². The van der Waals surface area contributed by atoms with Gasteiger partial charge in [0.1, 0.15) is 5.75 Å². The summed E-state index contributed by atoms with van der Waals surface area (Å²) in [7, 11) is 1.55. The lowest BCUT2D eigenvalue weighted by molar-refractivity contribution is 0.0946. The average molecular weight is 295 g/mol. The molecule has 0 bridgehead atoms. The fourth-order valence-electron chi connectivity index (χ4n) is 1.76. The Hall–Kier alpha value is -2.21. The number of ether oxygens (including phenoxy) is 1. The van der Waals surface area contributed by atoms with Gasteiger partial charge in [-0.2, -0.15) is 5.10 Å². The van der Waals surface area contributed by atoms with Gasteiger partial charge in [0.2, 0.25) is 0 Å². The Bertz CT molecular complexity index is 639. The SMILES string of the molecule is COc1cccc(Cl)c1CNC(=O)c1n[nH]c(C)c1N. The minimum atomic E-state index is -0.367. The van der Waals surface area contributed by atoms with E-state index in [0.717, 1.165) is 0 Å². The van der Waals surface area contributed by atoms with Crippen LogP contribution in [0, 0.1) is 6.92 Å². The van der Waals surface area contributed by atoms with E-state index in [0.29, 0.717) is 27.7 Å². The van der Waals surface area contributed by atoms with E-state index < -0.39 is 0 Å². The number of hydrogen-bond acceptors (Lipinski definition) is 4. The highest BCUT2D eigenvalue weighted by Crippen LogP contribution is 2.26. The van der Waals surface area contributed by atoms with Gasteiger partial charge >= 0.3 is 0 Å². The maximum atomic E-state index is 12.0. The Morgan fingerprint density at radius 2 is 2.30 bits per heavy atom. The Morgan fingerprint density at radius 1 is 1.55 bits per heavy atom. The first-order valence-corrected chi connectivity index (χ1v) is 6.32. The van der Waals surface area contributed by atoms with Crippen LogP contribution in [0.4, 0.5) is 5.69 Å². The molecule has 0 radical (unpaired) electrons. The first kappa shape index (κ1) is 14.2. The highest BCUT2D eigenvalue weighted by molar-refractivity contribution is 6.31. The minimum absolute atomic E-state index is 0.175. The van der Waals surface area contributed by atoms with Crippen molar-refractivity contribution in [1.29, 1.82) is 0 Å². The van der Waals surface area contributed by atoms with E-state index in [4.69, 9.17) is 22.1 Å². The molecule has 20 heavy (non-hydrogen) atoms. The Kier molecular flexibility index (Phi) is 4.14. The first-order valence-electron chi connectivity index (χ1n) is 5.94. The number of aromatic nitrogens is 2. The molecular formula is C13H15ClN4O2. The second-order valence-electron chi connectivity index (χ2n) is 4.21. The summed E-state index contributed by atoms with van der Waals surface area (Å²) in [5, 5.41) is 9.77. The number of benzene rings is 1. The summed E-state index contributed by atoms with van der Waals surface area (Å²) < 4.78 is 5.21. The zero-order valence-electron chi connectivity index (χ0n) is 11.2. The van der Waals surface area contributed by atoms with E-state index in [1.54, 1.807) is 32.2 Å². The molecule has 1 heterocycles. The molecule has 7 heteroatoms. The molecule has 0 aliphatic rings.